The Morgan fingerprint density at radius 1 is 1.03 bits per heavy atom. The topological polar surface area (TPSA) is 54.5 Å². The Morgan fingerprint density at radius 3 is 2.62 bits per heavy atom. The van der Waals surface area contributed by atoms with E-state index in [4.69, 9.17) is 4.74 Å². The lowest BCUT2D eigenvalue weighted by Gasteiger charge is -2.50. The highest BCUT2D eigenvalue weighted by Gasteiger charge is 2.44. The number of hydrogen-bond acceptors (Lipinski definition) is 5. The third-order valence-electron chi connectivity index (χ3n) is 6.36. The van der Waals surface area contributed by atoms with E-state index in [1.54, 1.807) is 18.0 Å². The molecule has 0 spiro atoms. The molecule has 3 saturated heterocycles. The highest BCUT2D eigenvalue weighted by molar-refractivity contribution is 7.99. The van der Waals surface area contributed by atoms with Gasteiger partial charge in [-0.2, -0.15) is 0 Å². The molecule has 164 valence electrons. The minimum atomic E-state index is -0.373. The number of nitrogens with one attached hydrogen (secondary N) is 1. The van der Waals surface area contributed by atoms with E-state index < -0.39 is 0 Å². The van der Waals surface area contributed by atoms with Crippen LogP contribution in [-0.4, -0.2) is 41.2 Å². The molecule has 4 heterocycles. The van der Waals surface area contributed by atoms with Crippen LogP contribution in [0.1, 0.15) is 18.4 Å². The number of anilines is 1. The van der Waals surface area contributed by atoms with Gasteiger partial charge in [0.2, 0.25) is 0 Å². The Bertz CT molecular complexity index is 1040. The van der Waals surface area contributed by atoms with Crippen LogP contribution in [0.2, 0.25) is 0 Å². The van der Waals surface area contributed by atoms with E-state index in [9.17, 15) is 4.79 Å². The summed E-state index contributed by atoms with van der Waals surface area (Å²) >= 11 is 1.67. The van der Waals surface area contributed by atoms with Gasteiger partial charge in [-0.05, 0) is 74.3 Å². The van der Waals surface area contributed by atoms with Gasteiger partial charge in [-0.15, -0.1) is 0 Å². The van der Waals surface area contributed by atoms with Gasteiger partial charge in [-0.25, -0.2) is 4.79 Å². The monoisotopic (exact) mass is 445 g/mol. The SMILES string of the molecule is O=C(Nc1cccc(Sc2ccccc2)c1)OC1C2CCN(CC2)C1Cc1cccnc1. The molecule has 3 fully saturated rings. The van der Waals surface area contributed by atoms with Crippen molar-refractivity contribution in [3.8, 4) is 0 Å². The van der Waals surface area contributed by atoms with Crippen LogP contribution in [0.25, 0.3) is 0 Å². The molecule has 2 aromatic carbocycles. The summed E-state index contributed by atoms with van der Waals surface area (Å²) in [6.07, 6.45) is 6.26. The van der Waals surface area contributed by atoms with Crippen LogP contribution in [0, 0.1) is 5.92 Å². The lowest BCUT2D eigenvalue weighted by molar-refractivity contribution is -0.0741. The van der Waals surface area contributed by atoms with Crippen LogP contribution in [0.3, 0.4) is 0 Å². The van der Waals surface area contributed by atoms with Crippen LogP contribution in [0.5, 0.6) is 0 Å². The molecule has 2 bridgehead atoms. The molecule has 1 N–H and O–H groups in total. The maximum Gasteiger partial charge on any atom is 0.411 e. The van der Waals surface area contributed by atoms with Crippen molar-refractivity contribution in [2.24, 2.45) is 5.92 Å². The molecular formula is C26H27N3O2S. The number of hydrogen-bond donors (Lipinski definition) is 1. The number of pyridine rings is 1. The number of amides is 1. The molecular weight excluding hydrogens is 418 g/mol. The zero-order valence-corrected chi connectivity index (χ0v) is 18.7. The van der Waals surface area contributed by atoms with Crippen molar-refractivity contribution in [2.45, 2.75) is 41.2 Å². The fraction of sp³-hybridized carbons (Fsp3) is 0.308. The molecule has 32 heavy (non-hydrogen) atoms. The van der Waals surface area contributed by atoms with Gasteiger partial charge >= 0.3 is 6.09 Å². The molecule has 2 unspecified atom stereocenters. The second-order valence-corrected chi connectivity index (χ2v) is 9.59. The molecule has 0 aliphatic carbocycles. The minimum absolute atomic E-state index is 0.0976. The summed E-state index contributed by atoms with van der Waals surface area (Å²) in [5, 5.41) is 2.95. The predicted octanol–water partition coefficient (Wildman–Crippen LogP) is 5.49. The first kappa shape index (κ1) is 21.0. The molecule has 6 rings (SSSR count). The van der Waals surface area contributed by atoms with Gasteiger partial charge in [-0.1, -0.05) is 42.1 Å². The van der Waals surface area contributed by atoms with Gasteiger partial charge in [0.1, 0.15) is 6.10 Å². The zero-order chi connectivity index (χ0) is 21.8. The Labute approximate surface area is 193 Å². The van der Waals surface area contributed by atoms with E-state index >= 15 is 0 Å². The van der Waals surface area contributed by atoms with Crippen LogP contribution >= 0.6 is 11.8 Å². The molecule has 3 aliphatic heterocycles. The van der Waals surface area contributed by atoms with Crippen LogP contribution in [-0.2, 0) is 11.2 Å². The number of carbonyl (C=O) groups is 1. The summed E-state index contributed by atoms with van der Waals surface area (Å²) in [5.41, 5.74) is 1.94. The average Bonchev–Trinajstić information content (AvgIpc) is 2.83. The van der Waals surface area contributed by atoms with E-state index in [0.29, 0.717) is 5.92 Å². The van der Waals surface area contributed by atoms with E-state index in [1.165, 1.54) is 5.56 Å². The lowest BCUT2D eigenvalue weighted by Crippen LogP contribution is -2.60. The number of nitrogens with zero attached hydrogens (tertiary/aromatic N) is 2. The molecule has 3 aliphatic rings. The van der Waals surface area contributed by atoms with Gasteiger partial charge in [-0.3, -0.25) is 15.2 Å². The summed E-state index contributed by atoms with van der Waals surface area (Å²) in [6.45, 7) is 2.16. The van der Waals surface area contributed by atoms with E-state index in [2.05, 4.69) is 33.4 Å². The largest absolute Gasteiger partial charge is 0.444 e. The second kappa shape index (κ2) is 9.76. The lowest BCUT2D eigenvalue weighted by atomic mass is 9.78. The van der Waals surface area contributed by atoms with Gasteiger partial charge in [0.05, 0.1) is 6.04 Å². The van der Waals surface area contributed by atoms with Gasteiger partial charge < -0.3 is 4.74 Å². The molecule has 1 aromatic heterocycles. The first-order chi connectivity index (χ1) is 15.7. The predicted molar refractivity (Wildman–Crippen MR) is 127 cm³/mol. The Morgan fingerprint density at radius 2 is 1.84 bits per heavy atom. The summed E-state index contributed by atoms with van der Waals surface area (Å²) in [7, 11) is 0. The highest BCUT2D eigenvalue weighted by atomic mass is 32.2. The number of aromatic nitrogens is 1. The molecule has 5 nitrogen and oxygen atoms in total. The quantitative estimate of drug-likeness (QED) is 0.544. The van der Waals surface area contributed by atoms with Crippen molar-refractivity contribution in [2.75, 3.05) is 18.4 Å². The van der Waals surface area contributed by atoms with Crippen molar-refractivity contribution < 1.29 is 9.53 Å². The zero-order valence-electron chi connectivity index (χ0n) is 17.9. The average molecular weight is 446 g/mol. The van der Waals surface area contributed by atoms with Crippen molar-refractivity contribution in [1.29, 1.82) is 0 Å². The summed E-state index contributed by atoms with van der Waals surface area (Å²) < 4.78 is 6.05. The first-order valence-electron chi connectivity index (χ1n) is 11.2. The van der Waals surface area contributed by atoms with E-state index in [0.717, 1.165) is 47.8 Å². The number of piperidine rings is 3. The standard InChI is InChI=1S/C26H27N3O2S/c30-26(28-21-7-4-10-23(17-21)32-22-8-2-1-3-9-22)31-25-20-11-14-29(15-12-20)24(25)16-19-6-5-13-27-18-19/h1-10,13,17-18,20,24-25H,11-12,14-16H2,(H,28,30). The number of rotatable bonds is 6. The van der Waals surface area contributed by atoms with Gasteiger partial charge in [0, 0.05) is 33.8 Å². The molecule has 0 saturated carbocycles. The number of ether oxygens (including phenoxy) is 1. The number of benzene rings is 2. The fourth-order valence-corrected chi connectivity index (χ4v) is 5.71. The molecule has 1 amide bonds. The maximum absolute atomic E-state index is 12.9. The van der Waals surface area contributed by atoms with Crippen molar-refractivity contribution >= 4 is 23.5 Å². The maximum atomic E-state index is 12.9. The smallest absolute Gasteiger partial charge is 0.411 e. The highest BCUT2D eigenvalue weighted by Crippen LogP contribution is 2.36. The second-order valence-electron chi connectivity index (χ2n) is 8.44. The third kappa shape index (κ3) is 4.97. The molecule has 6 heteroatoms. The van der Waals surface area contributed by atoms with E-state index in [1.807, 2.05) is 54.7 Å². The molecule has 0 radical (unpaired) electrons. The van der Waals surface area contributed by atoms with E-state index in [-0.39, 0.29) is 18.2 Å². The van der Waals surface area contributed by atoms with Crippen LogP contribution in [0.15, 0.2) is 88.9 Å². The normalized spacial score (nSPS) is 24.1. The van der Waals surface area contributed by atoms with Crippen molar-refractivity contribution in [3.05, 3.63) is 84.7 Å². The summed E-state index contributed by atoms with van der Waals surface area (Å²) in [4.78, 5) is 21.8. The van der Waals surface area contributed by atoms with Crippen LogP contribution in [0.4, 0.5) is 10.5 Å². The number of carbonyl (C=O) groups excluding carboxylic acids is 1. The fourth-order valence-electron chi connectivity index (χ4n) is 4.81. The van der Waals surface area contributed by atoms with Crippen LogP contribution < -0.4 is 5.32 Å². The van der Waals surface area contributed by atoms with Crippen molar-refractivity contribution in [1.82, 2.24) is 9.88 Å². The first-order valence-corrected chi connectivity index (χ1v) is 12.0. The Hall–Kier alpha value is -2.83. The number of fused-ring (bicyclic) bond motifs is 3. The molecule has 3 aromatic rings. The minimum Gasteiger partial charge on any atom is -0.444 e. The van der Waals surface area contributed by atoms with Gasteiger partial charge in [0.25, 0.3) is 0 Å². The van der Waals surface area contributed by atoms with Gasteiger partial charge in [0.15, 0.2) is 0 Å². The molecule has 2 atom stereocenters. The summed E-state index contributed by atoms with van der Waals surface area (Å²) in [5.74, 6) is 0.424. The Kier molecular flexibility index (Phi) is 6.41. The summed E-state index contributed by atoms with van der Waals surface area (Å²) in [6, 6.07) is 22.4. The van der Waals surface area contributed by atoms with Crippen molar-refractivity contribution in [3.63, 3.8) is 0 Å². The third-order valence-corrected chi connectivity index (χ3v) is 7.35. The Balaban J connectivity index is 1.25.